The van der Waals surface area contributed by atoms with Gasteiger partial charge in [-0.1, -0.05) is 19.8 Å². The molecule has 0 aliphatic heterocycles. The molecule has 0 aromatic carbocycles. The number of anilines is 1. The van der Waals surface area contributed by atoms with Crippen LogP contribution in [0, 0.1) is 0 Å². The Morgan fingerprint density at radius 2 is 2.36 bits per heavy atom. The second-order valence-electron chi connectivity index (χ2n) is 3.27. The van der Waals surface area contributed by atoms with Crippen LogP contribution in [0.5, 0.6) is 0 Å². The molecule has 1 aromatic rings. The number of rotatable bonds is 5. The van der Waals surface area contributed by atoms with Crippen molar-refractivity contribution in [1.29, 1.82) is 0 Å². The molecule has 0 radical (unpaired) electrons. The van der Waals surface area contributed by atoms with Gasteiger partial charge in [0.2, 0.25) is 5.91 Å². The third-order valence-corrected chi connectivity index (χ3v) is 2.84. The average molecular weight is 212 g/mol. The molecule has 78 valence electrons. The number of amides is 1. The third-order valence-electron chi connectivity index (χ3n) is 1.86. The van der Waals surface area contributed by atoms with Crippen molar-refractivity contribution in [3.63, 3.8) is 0 Å². The second kappa shape index (κ2) is 5.75. The fraction of sp³-hybridized carbons (Fsp3) is 0.600. The van der Waals surface area contributed by atoms with Crippen LogP contribution in [-0.4, -0.2) is 10.9 Å². The number of hydrogen-bond acceptors (Lipinski definition) is 3. The van der Waals surface area contributed by atoms with Crippen molar-refractivity contribution < 1.29 is 4.79 Å². The van der Waals surface area contributed by atoms with E-state index in [2.05, 4.69) is 17.2 Å². The van der Waals surface area contributed by atoms with Gasteiger partial charge in [0.1, 0.15) is 0 Å². The Kier molecular flexibility index (Phi) is 4.59. The average Bonchev–Trinajstić information content (AvgIpc) is 2.52. The van der Waals surface area contributed by atoms with Gasteiger partial charge in [-0.15, -0.1) is 11.3 Å². The molecule has 0 atom stereocenters. The predicted molar refractivity (Wildman–Crippen MR) is 59.6 cm³/mol. The smallest absolute Gasteiger partial charge is 0.223 e. The summed E-state index contributed by atoms with van der Waals surface area (Å²) < 4.78 is 0. The van der Waals surface area contributed by atoms with Crippen molar-refractivity contribution in [3.8, 4) is 0 Å². The van der Waals surface area contributed by atoms with Gasteiger partial charge in [0.05, 0.1) is 0 Å². The molecule has 0 saturated carbocycles. The van der Waals surface area contributed by atoms with E-state index in [1.165, 1.54) is 31.1 Å². The standard InChI is InChI=1S/C10H16N2OS/c1-3-4-5-6-9-7-11-10(14-9)12-8(2)13/h7H,3-6H2,1-2H3,(H,11,12,13). The molecule has 0 saturated heterocycles. The van der Waals surface area contributed by atoms with Crippen LogP contribution < -0.4 is 5.32 Å². The monoisotopic (exact) mass is 212 g/mol. The number of nitrogens with one attached hydrogen (secondary N) is 1. The van der Waals surface area contributed by atoms with Crippen molar-refractivity contribution in [1.82, 2.24) is 4.98 Å². The lowest BCUT2D eigenvalue weighted by atomic mass is 10.2. The Bertz CT molecular complexity index is 296. The van der Waals surface area contributed by atoms with E-state index in [-0.39, 0.29) is 5.91 Å². The van der Waals surface area contributed by atoms with Gasteiger partial charge in [-0.2, -0.15) is 0 Å². The van der Waals surface area contributed by atoms with Crippen LogP contribution >= 0.6 is 11.3 Å². The molecule has 0 bridgehead atoms. The lowest BCUT2D eigenvalue weighted by Gasteiger charge is -1.94. The Balaban J connectivity index is 2.38. The van der Waals surface area contributed by atoms with E-state index in [0.29, 0.717) is 5.13 Å². The summed E-state index contributed by atoms with van der Waals surface area (Å²) in [6, 6.07) is 0. The Morgan fingerprint density at radius 1 is 1.57 bits per heavy atom. The van der Waals surface area contributed by atoms with Gasteiger partial charge >= 0.3 is 0 Å². The van der Waals surface area contributed by atoms with Crippen molar-refractivity contribution in [2.24, 2.45) is 0 Å². The molecule has 14 heavy (non-hydrogen) atoms. The van der Waals surface area contributed by atoms with Gasteiger partial charge in [0.15, 0.2) is 5.13 Å². The number of hydrogen-bond donors (Lipinski definition) is 1. The molecule has 0 fully saturated rings. The number of thiazole rings is 1. The number of carbonyl (C=O) groups is 1. The first kappa shape index (κ1) is 11.2. The quantitative estimate of drug-likeness (QED) is 0.762. The SMILES string of the molecule is CCCCCc1cnc(NC(C)=O)s1. The van der Waals surface area contributed by atoms with Crippen molar-refractivity contribution in [2.45, 2.75) is 39.5 Å². The zero-order chi connectivity index (χ0) is 10.4. The van der Waals surface area contributed by atoms with E-state index in [0.717, 1.165) is 6.42 Å². The highest BCUT2D eigenvalue weighted by Crippen LogP contribution is 2.19. The molecule has 1 rings (SSSR count). The van der Waals surface area contributed by atoms with Gasteiger partial charge in [0.25, 0.3) is 0 Å². The molecule has 0 spiro atoms. The molecular weight excluding hydrogens is 196 g/mol. The van der Waals surface area contributed by atoms with E-state index in [9.17, 15) is 4.79 Å². The minimum absolute atomic E-state index is 0.0561. The van der Waals surface area contributed by atoms with Gasteiger partial charge < -0.3 is 5.32 Å². The van der Waals surface area contributed by atoms with E-state index < -0.39 is 0 Å². The zero-order valence-electron chi connectivity index (χ0n) is 8.67. The summed E-state index contributed by atoms with van der Waals surface area (Å²) in [6.07, 6.45) is 6.62. The van der Waals surface area contributed by atoms with Crippen LogP contribution in [0.3, 0.4) is 0 Å². The zero-order valence-corrected chi connectivity index (χ0v) is 9.49. The summed E-state index contributed by atoms with van der Waals surface area (Å²) in [5, 5.41) is 3.40. The summed E-state index contributed by atoms with van der Waals surface area (Å²) in [5.74, 6) is -0.0561. The lowest BCUT2D eigenvalue weighted by molar-refractivity contribution is -0.114. The van der Waals surface area contributed by atoms with Crippen LogP contribution in [0.4, 0.5) is 5.13 Å². The number of unbranched alkanes of at least 4 members (excludes halogenated alkanes) is 2. The molecule has 0 aliphatic carbocycles. The molecule has 0 aliphatic rings. The van der Waals surface area contributed by atoms with Crippen LogP contribution in [0.25, 0.3) is 0 Å². The van der Waals surface area contributed by atoms with Crippen LogP contribution in [0.1, 0.15) is 38.0 Å². The molecule has 0 unspecified atom stereocenters. The number of aromatic nitrogens is 1. The van der Waals surface area contributed by atoms with Crippen LogP contribution in [0.2, 0.25) is 0 Å². The maximum absolute atomic E-state index is 10.7. The fourth-order valence-electron chi connectivity index (χ4n) is 1.18. The molecular formula is C10H16N2OS. The summed E-state index contributed by atoms with van der Waals surface area (Å²) >= 11 is 1.57. The first-order chi connectivity index (χ1) is 6.72. The van der Waals surface area contributed by atoms with E-state index in [1.807, 2.05) is 6.20 Å². The summed E-state index contributed by atoms with van der Waals surface area (Å²) in [6.45, 7) is 3.69. The highest BCUT2D eigenvalue weighted by atomic mass is 32.1. The van der Waals surface area contributed by atoms with Crippen molar-refractivity contribution in [2.75, 3.05) is 5.32 Å². The molecule has 3 nitrogen and oxygen atoms in total. The van der Waals surface area contributed by atoms with Crippen LogP contribution in [-0.2, 0) is 11.2 Å². The Hall–Kier alpha value is -0.900. The molecule has 1 N–H and O–H groups in total. The topological polar surface area (TPSA) is 42.0 Å². The summed E-state index contributed by atoms with van der Waals surface area (Å²) in [5.41, 5.74) is 0. The minimum Gasteiger partial charge on any atom is -0.302 e. The minimum atomic E-state index is -0.0561. The fourth-order valence-corrected chi connectivity index (χ4v) is 2.08. The Labute approximate surface area is 88.6 Å². The van der Waals surface area contributed by atoms with Gasteiger partial charge in [0, 0.05) is 18.0 Å². The van der Waals surface area contributed by atoms with Crippen molar-refractivity contribution >= 4 is 22.4 Å². The lowest BCUT2D eigenvalue weighted by Crippen LogP contribution is -2.04. The van der Waals surface area contributed by atoms with Crippen molar-refractivity contribution in [3.05, 3.63) is 11.1 Å². The van der Waals surface area contributed by atoms with Gasteiger partial charge in [-0.3, -0.25) is 4.79 Å². The largest absolute Gasteiger partial charge is 0.302 e. The highest BCUT2D eigenvalue weighted by Gasteiger charge is 2.02. The highest BCUT2D eigenvalue weighted by molar-refractivity contribution is 7.15. The molecule has 1 aromatic heterocycles. The van der Waals surface area contributed by atoms with E-state index in [1.54, 1.807) is 11.3 Å². The Morgan fingerprint density at radius 3 is 3.00 bits per heavy atom. The third kappa shape index (κ3) is 3.87. The number of carbonyl (C=O) groups excluding carboxylic acids is 1. The van der Waals surface area contributed by atoms with E-state index in [4.69, 9.17) is 0 Å². The molecule has 1 heterocycles. The number of aryl methyl sites for hydroxylation is 1. The predicted octanol–water partition coefficient (Wildman–Crippen LogP) is 2.83. The summed E-state index contributed by atoms with van der Waals surface area (Å²) in [4.78, 5) is 16.1. The van der Waals surface area contributed by atoms with Gasteiger partial charge in [-0.25, -0.2) is 4.98 Å². The first-order valence-corrected chi connectivity index (χ1v) is 5.76. The second-order valence-corrected chi connectivity index (χ2v) is 4.39. The normalized spacial score (nSPS) is 10.1. The first-order valence-electron chi connectivity index (χ1n) is 4.94. The van der Waals surface area contributed by atoms with Crippen LogP contribution in [0.15, 0.2) is 6.20 Å². The maximum Gasteiger partial charge on any atom is 0.223 e. The number of nitrogens with zero attached hydrogens (tertiary/aromatic N) is 1. The van der Waals surface area contributed by atoms with Gasteiger partial charge in [-0.05, 0) is 12.8 Å². The van der Waals surface area contributed by atoms with E-state index >= 15 is 0 Å². The summed E-state index contributed by atoms with van der Waals surface area (Å²) in [7, 11) is 0. The molecule has 4 heteroatoms. The molecule has 1 amide bonds. The maximum atomic E-state index is 10.7.